The Balaban J connectivity index is 2.11. The molecule has 124 valence electrons. The van der Waals surface area contributed by atoms with Crippen molar-refractivity contribution in [2.24, 2.45) is 0 Å². The molecule has 23 heavy (non-hydrogen) atoms. The number of carbonyl (C=O) groups is 1. The molecule has 2 aromatic rings. The fourth-order valence-electron chi connectivity index (χ4n) is 1.96. The average molecular weight is 353 g/mol. The van der Waals surface area contributed by atoms with Crippen molar-refractivity contribution >= 4 is 49.9 Å². The molecular weight excluding hydrogens is 334 g/mol. The normalized spacial score (nSPS) is 10.4. The summed E-state index contributed by atoms with van der Waals surface area (Å²) < 4.78 is 11.5. The maximum atomic E-state index is 11.7. The molecule has 1 amide bonds. The molecule has 0 aliphatic heterocycles. The van der Waals surface area contributed by atoms with E-state index in [-0.39, 0.29) is 11.0 Å². The van der Waals surface area contributed by atoms with Crippen LogP contribution in [0.4, 0.5) is 5.13 Å². The summed E-state index contributed by atoms with van der Waals surface area (Å²) in [5, 5.41) is 6.43. The maximum Gasteiger partial charge on any atom is 0.226 e. The summed E-state index contributed by atoms with van der Waals surface area (Å²) in [6.45, 7) is 2.03. The first kappa shape index (κ1) is 17.4. The fourth-order valence-corrected chi connectivity index (χ4v) is 3.15. The standard InChI is InChI=1S/C15H19N3O3S2/c1-4-5-6-12(19)16-14(22)18-15-17-13-10(21-3)7-9(20-2)8-11(13)23-15/h7-8H,4-6H2,1-3H3,(H2,16,17,18,19,22). The first-order chi connectivity index (χ1) is 11.1. The van der Waals surface area contributed by atoms with E-state index in [1.807, 2.05) is 13.0 Å². The molecule has 2 N–H and O–H groups in total. The quantitative estimate of drug-likeness (QED) is 0.776. The van der Waals surface area contributed by atoms with E-state index in [1.54, 1.807) is 20.3 Å². The fraction of sp³-hybridized carbons (Fsp3) is 0.400. The Morgan fingerprint density at radius 2 is 2.13 bits per heavy atom. The summed E-state index contributed by atoms with van der Waals surface area (Å²) in [4.78, 5) is 16.1. The number of thiazole rings is 1. The molecular formula is C15H19N3O3S2. The number of hydrogen-bond acceptors (Lipinski definition) is 6. The Morgan fingerprint density at radius 1 is 1.35 bits per heavy atom. The first-order valence-corrected chi connectivity index (χ1v) is 8.43. The number of amides is 1. The highest BCUT2D eigenvalue weighted by atomic mass is 32.1. The summed E-state index contributed by atoms with van der Waals surface area (Å²) in [5.41, 5.74) is 0.723. The lowest BCUT2D eigenvalue weighted by atomic mass is 10.2. The van der Waals surface area contributed by atoms with Gasteiger partial charge in [0.25, 0.3) is 0 Å². The summed E-state index contributed by atoms with van der Waals surface area (Å²) in [6.07, 6.45) is 2.27. The molecule has 0 bridgehead atoms. The van der Waals surface area contributed by atoms with Gasteiger partial charge in [0, 0.05) is 12.5 Å². The van der Waals surface area contributed by atoms with Gasteiger partial charge in [-0.3, -0.25) is 4.79 Å². The van der Waals surface area contributed by atoms with Gasteiger partial charge < -0.3 is 20.1 Å². The number of nitrogens with zero attached hydrogens (tertiary/aromatic N) is 1. The molecule has 6 nitrogen and oxygen atoms in total. The second-order valence-electron chi connectivity index (χ2n) is 4.80. The van der Waals surface area contributed by atoms with Crippen LogP contribution in [-0.2, 0) is 4.79 Å². The van der Waals surface area contributed by atoms with Crippen LogP contribution in [0.25, 0.3) is 10.2 Å². The number of anilines is 1. The number of rotatable bonds is 6. The molecule has 0 unspecified atom stereocenters. The van der Waals surface area contributed by atoms with Crippen molar-refractivity contribution in [2.75, 3.05) is 19.5 Å². The second-order valence-corrected chi connectivity index (χ2v) is 6.24. The number of unbranched alkanes of at least 4 members (excludes halogenated alkanes) is 1. The van der Waals surface area contributed by atoms with Crippen LogP contribution >= 0.6 is 23.6 Å². The number of carbonyl (C=O) groups excluding carboxylic acids is 1. The molecule has 8 heteroatoms. The Labute approximate surface area is 144 Å². The van der Waals surface area contributed by atoms with Crippen molar-refractivity contribution in [1.82, 2.24) is 10.3 Å². The molecule has 0 aliphatic rings. The van der Waals surface area contributed by atoms with Gasteiger partial charge in [0.1, 0.15) is 17.0 Å². The number of thiocarbonyl (C=S) groups is 1. The van der Waals surface area contributed by atoms with E-state index in [4.69, 9.17) is 21.7 Å². The number of methoxy groups -OCH3 is 2. The second kappa shape index (κ2) is 8.07. The molecule has 1 aromatic carbocycles. The topological polar surface area (TPSA) is 72.5 Å². The molecule has 0 saturated heterocycles. The molecule has 0 radical (unpaired) electrons. The van der Waals surface area contributed by atoms with Crippen molar-refractivity contribution < 1.29 is 14.3 Å². The smallest absolute Gasteiger partial charge is 0.226 e. The van der Waals surface area contributed by atoms with E-state index < -0.39 is 0 Å². The third-order valence-electron chi connectivity index (χ3n) is 3.12. The van der Waals surface area contributed by atoms with Gasteiger partial charge in [-0.1, -0.05) is 24.7 Å². The maximum absolute atomic E-state index is 11.7. The third-order valence-corrected chi connectivity index (χ3v) is 4.24. The van der Waals surface area contributed by atoms with Gasteiger partial charge in [-0.05, 0) is 24.7 Å². The van der Waals surface area contributed by atoms with Crippen LogP contribution in [0, 0.1) is 0 Å². The highest BCUT2D eigenvalue weighted by molar-refractivity contribution is 7.80. The number of aromatic nitrogens is 1. The zero-order valence-corrected chi connectivity index (χ0v) is 14.9. The van der Waals surface area contributed by atoms with Crippen molar-refractivity contribution in [3.8, 4) is 11.5 Å². The predicted octanol–water partition coefficient (Wildman–Crippen LogP) is 3.32. The van der Waals surface area contributed by atoms with Crippen LogP contribution in [0.2, 0.25) is 0 Å². The molecule has 0 fully saturated rings. The van der Waals surface area contributed by atoms with Gasteiger partial charge in [-0.15, -0.1) is 0 Å². The lowest BCUT2D eigenvalue weighted by molar-refractivity contribution is -0.119. The SMILES string of the molecule is CCCCC(=O)NC(=S)Nc1nc2c(OC)cc(OC)cc2s1. The van der Waals surface area contributed by atoms with Gasteiger partial charge in [-0.25, -0.2) is 4.98 Å². The van der Waals surface area contributed by atoms with Crippen molar-refractivity contribution in [1.29, 1.82) is 0 Å². The Hall–Kier alpha value is -1.93. The van der Waals surface area contributed by atoms with Crippen LogP contribution in [-0.4, -0.2) is 30.2 Å². The van der Waals surface area contributed by atoms with Crippen LogP contribution in [0.1, 0.15) is 26.2 Å². The van der Waals surface area contributed by atoms with E-state index in [9.17, 15) is 4.79 Å². The highest BCUT2D eigenvalue weighted by Gasteiger charge is 2.13. The zero-order valence-electron chi connectivity index (χ0n) is 13.3. The molecule has 0 spiro atoms. The van der Waals surface area contributed by atoms with E-state index in [0.717, 1.165) is 23.1 Å². The van der Waals surface area contributed by atoms with Gasteiger partial charge in [0.15, 0.2) is 10.2 Å². The molecule has 1 aromatic heterocycles. The summed E-state index contributed by atoms with van der Waals surface area (Å²) in [6, 6.07) is 3.65. The molecule has 2 rings (SSSR count). The highest BCUT2D eigenvalue weighted by Crippen LogP contribution is 2.36. The number of hydrogen-bond donors (Lipinski definition) is 2. The van der Waals surface area contributed by atoms with E-state index in [2.05, 4.69) is 15.6 Å². The molecule has 0 aliphatic carbocycles. The largest absolute Gasteiger partial charge is 0.497 e. The third kappa shape index (κ3) is 4.52. The van der Waals surface area contributed by atoms with E-state index in [0.29, 0.717) is 23.1 Å². The Morgan fingerprint density at radius 3 is 2.78 bits per heavy atom. The van der Waals surface area contributed by atoms with E-state index in [1.165, 1.54) is 11.3 Å². The van der Waals surface area contributed by atoms with Crippen LogP contribution < -0.4 is 20.1 Å². The first-order valence-electron chi connectivity index (χ1n) is 7.20. The van der Waals surface area contributed by atoms with Gasteiger partial charge in [-0.2, -0.15) is 0 Å². The number of benzene rings is 1. The number of nitrogens with one attached hydrogen (secondary N) is 2. The average Bonchev–Trinajstić information content (AvgIpc) is 2.93. The monoisotopic (exact) mass is 353 g/mol. The number of fused-ring (bicyclic) bond motifs is 1. The zero-order chi connectivity index (χ0) is 16.8. The molecule has 1 heterocycles. The van der Waals surface area contributed by atoms with E-state index >= 15 is 0 Å². The number of ether oxygens (including phenoxy) is 2. The predicted molar refractivity (Wildman–Crippen MR) is 96.6 cm³/mol. The van der Waals surface area contributed by atoms with Crippen LogP contribution in [0.15, 0.2) is 12.1 Å². The van der Waals surface area contributed by atoms with Crippen molar-refractivity contribution in [2.45, 2.75) is 26.2 Å². The summed E-state index contributed by atoms with van der Waals surface area (Å²) in [7, 11) is 3.18. The van der Waals surface area contributed by atoms with Gasteiger partial charge >= 0.3 is 0 Å². The van der Waals surface area contributed by atoms with Gasteiger partial charge in [0.05, 0.1) is 18.9 Å². The van der Waals surface area contributed by atoms with Crippen LogP contribution in [0.5, 0.6) is 11.5 Å². The summed E-state index contributed by atoms with van der Waals surface area (Å²) in [5.74, 6) is 1.23. The van der Waals surface area contributed by atoms with Crippen molar-refractivity contribution in [3.05, 3.63) is 12.1 Å². The minimum atomic E-state index is -0.0929. The summed E-state index contributed by atoms with van der Waals surface area (Å²) >= 11 is 6.55. The minimum Gasteiger partial charge on any atom is -0.497 e. The van der Waals surface area contributed by atoms with Gasteiger partial charge in [0.2, 0.25) is 5.91 Å². The molecule has 0 saturated carbocycles. The van der Waals surface area contributed by atoms with Crippen LogP contribution in [0.3, 0.4) is 0 Å². The Kier molecular flexibility index (Phi) is 6.12. The molecule has 0 atom stereocenters. The lowest BCUT2D eigenvalue weighted by Crippen LogP contribution is -2.33. The van der Waals surface area contributed by atoms with Crippen molar-refractivity contribution in [3.63, 3.8) is 0 Å². The lowest BCUT2D eigenvalue weighted by Gasteiger charge is -2.06. The minimum absolute atomic E-state index is 0.0929. The Bertz CT molecular complexity index is 715.